The predicted molar refractivity (Wildman–Crippen MR) is 72.0 cm³/mol. The highest BCUT2D eigenvalue weighted by molar-refractivity contribution is 6.30. The van der Waals surface area contributed by atoms with Gasteiger partial charge < -0.3 is 4.74 Å². The molecule has 3 N–H and O–H groups in total. The molecule has 1 unspecified atom stereocenters. The monoisotopic (exact) mass is 256 g/mol. The molecular weight excluding hydrogens is 236 g/mol. The quantitative estimate of drug-likeness (QED) is 0.629. The standard InChI is InChI=1S/C13H21ClN2O/c1-13(2,3)17-9-12(16-15)8-10-5-4-6-11(14)7-10/h4-7,12,16H,8-9,15H2,1-3H3. The van der Waals surface area contributed by atoms with Crippen LogP contribution in [0.25, 0.3) is 0 Å². The summed E-state index contributed by atoms with van der Waals surface area (Å²) in [7, 11) is 0. The van der Waals surface area contributed by atoms with Gasteiger partial charge >= 0.3 is 0 Å². The van der Waals surface area contributed by atoms with Gasteiger partial charge in [-0.05, 0) is 44.9 Å². The van der Waals surface area contributed by atoms with Crippen LogP contribution >= 0.6 is 11.6 Å². The molecule has 1 atom stereocenters. The lowest BCUT2D eigenvalue weighted by Crippen LogP contribution is -2.42. The summed E-state index contributed by atoms with van der Waals surface area (Å²) in [5, 5.41) is 0.745. The van der Waals surface area contributed by atoms with Crippen molar-refractivity contribution in [3.05, 3.63) is 34.9 Å². The van der Waals surface area contributed by atoms with Gasteiger partial charge in [0, 0.05) is 11.1 Å². The zero-order chi connectivity index (χ0) is 12.9. The smallest absolute Gasteiger partial charge is 0.0643 e. The maximum atomic E-state index is 5.94. The van der Waals surface area contributed by atoms with Gasteiger partial charge in [0.15, 0.2) is 0 Å². The van der Waals surface area contributed by atoms with Gasteiger partial charge in [-0.25, -0.2) is 0 Å². The first-order chi connectivity index (χ1) is 7.90. The van der Waals surface area contributed by atoms with Crippen molar-refractivity contribution in [3.63, 3.8) is 0 Å². The third-order valence-corrected chi connectivity index (χ3v) is 2.56. The first-order valence-electron chi connectivity index (χ1n) is 5.75. The number of hydrazine groups is 1. The molecule has 1 aromatic carbocycles. The molecule has 0 aliphatic heterocycles. The molecule has 0 heterocycles. The van der Waals surface area contributed by atoms with Crippen LogP contribution in [-0.2, 0) is 11.2 Å². The number of hydrogen-bond acceptors (Lipinski definition) is 3. The highest BCUT2D eigenvalue weighted by Crippen LogP contribution is 2.13. The largest absolute Gasteiger partial charge is 0.374 e. The maximum absolute atomic E-state index is 5.94. The summed E-state index contributed by atoms with van der Waals surface area (Å²) in [6.07, 6.45) is 0.799. The molecule has 0 aromatic heterocycles. The molecule has 0 fully saturated rings. The van der Waals surface area contributed by atoms with E-state index >= 15 is 0 Å². The van der Waals surface area contributed by atoms with Crippen LogP contribution in [0, 0.1) is 0 Å². The highest BCUT2D eigenvalue weighted by atomic mass is 35.5. The fourth-order valence-electron chi connectivity index (χ4n) is 1.47. The second-order valence-corrected chi connectivity index (χ2v) is 5.56. The van der Waals surface area contributed by atoms with Crippen LogP contribution in [0.5, 0.6) is 0 Å². The Morgan fingerprint density at radius 2 is 2.12 bits per heavy atom. The average Bonchev–Trinajstić information content (AvgIpc) is 2.23. The van der Waals surface area contributed by atoms with E-state index in [9.17, 15) is 0 Å². The van der Waals surface area contributed by atoms with Crippen molar-refractivity contribution in [2.45, 2.75) is 38.8 Å². The zero-order valence-electron chi connectivity index (χ0n) is 10.7. The first kappa shape index (κ1) is 14.5. The van der Waals surface area contributed by atoms with Crippen molar-refractivity contribution in [2.24, 2.45) is 5.84 Å². The van der Waals surface area contributed by atoms with Gasteiger partial charge in [0.1, 0.15) is 0 Å². The molecule has 17 heavy (non-hydrogen) atoms. The van der Waals surface area contributed by atoms with E-state index in [-0.39, 0.29) is 11.6 Å². The Hall–Kier alpha value is -0.610. The third-order valence-electron chi connectivity index (χ3n) is 2.32. The average molecular weight is 257 g/mol. The van der Waals surface area contributed by atoms with Gasteiger partial charge in [-0.1, -0.05) is 23.7 Å². The van der Waals surface area contributed by atoms with Crippen LogP contribution in [0.2, 0.25) is 5.02 Å². The molecule has 0 radical (unpaired) electrons. The van der Waals surface area contributed by atoms with Crippen molar-refractivity contribution in [2.75, 3.05) is 6.61 Å². The van der Waals surface area contributed by atoms with Crippen molar-refractivity contribution in [1.82, 2.24) is 5.43 Å². The Kier molecular flexibility index (Phi) is 5.40. The molecule has 1 aromatic rings. The minimum absolute atomic E-state index is 0.0905. The summed E-state index contributed by atoms with van der Waals surface area (Å²) in [4.78, 5) is 0. The van der Waals surface area contributed by atoms with Gasteiger partial charge in [-0.3, -0.25) is 11.3 Å². The van der Waals surface area contributed by atoms with E-state index < -0.39 is 0 Å². The van der Waals surface area contributed by atoms with Gasteiger partial charge in [0.05, 0.1) is 12.2 Å². The van der Waals surface area contributed by atoms with E-state index in [1.165, 1.54) is 0 Å². The molecular formula is C13H21ClN2O. The summed E-state index contributed by atoms with van der Waals surface area (Å²) in [5.41, 5.74) is 3.78. The van der Waals surface area contributed by atoms with Crippen LogP contribution in [0.1, 0.15) is 26.3 Å². The first-order valence-corrected chi connectivity index (χ1v) is 6.13. The topological polar surface area (TPSA) is 47.3 Å². The van der Waals surface area contributed by atoms with E-state index in [1.54, 1.807) is 0 Å². The van der Waals surface area contributed by atoms with Crippen molar-refractivity contribution in [3.8, 4) is 0 Å². The summed E-state index contributed by atoms with van der Waals surface area (Å²) in [5.74, 6) is 5.53. The third kappa shape index (κ3) is 6.03. The molecule has 0 aliphatic carbocycles. The van der Waals surface area contributed by atoms with Crippen LogP contribution in [0.3, 0.4) is 0 Å². The van der Waals surface area contributed by atoms with Crippen LogP contribution in [0.15, 0.2) is 24.3 Å². The number of ether oxygens (including phenoxy) is 1. The van der Waals surface area contributed by atoms with Gasteiger partial charge in [0.2, 0.25) is 0 Å². The van der Waals surface area contributed by atoms with Gasteiger partial charge in [-0.2, -0.15) is 0 Å². The normalized spacial score (nSPS) is 13.7. The molecule has 0 aliphatic rings. The second-order valence-electron chi connectivity index (χ2n) is 5.12. The lowest BCUT2D eigenvalue weighted by molar-refractivity contribution is -0.0143. The van der Waals surface area contributed by atoms with Crippen molar-refractivity contribution < 1.29 is 4.74 Å². The molecule has 4 heteroatoms. The molecule has 1 rings (SSSR count). The Bertz CT molecular complexity index is 350. The fourth-order valence-corrected chi connectivity index (χ4v) is 1.68. The molecule has 0 bridgehead atoms. The Morgan fingerprint density at radius 3 is 2.65 bits per heavy atom. The van der Waals surface area contributed by atoms with E-state index in [2.05, 4.69) is 5.43 Å². The molecule has 0 spiro atoms. The molecule has 3 nitrogen and oxygen atoms in total. The number of nitrogens with two attached hydrogens (primary N) is 1. The zero-order valence-corrected chi connectivity index (χ0v) is 11.4. The molecule has 96 valence electrons. The minimum Gasteiger partial charge on any atom is -0.374 e. The van der Waals surface area contributed by atoms with Crippen LogP contribution < -0.4 is 11.3 Å². The number of rotatable bonds is 5. The van der Waals surface area contributed by atoms with Crippen LogP contribution in [-0.4, -0.2) is 18.2 Å². The summed E-state index contributed by atoms with van der Waals surface area (Å²) in [6, 6.07) is 7.88. The van der Waals surface area contributed by atoms with E-state index in [0.29, 0.717) is 6.61 Å². The fraction of sp³-hybridized carbons (Fsp3) is 0.538. The Morgan fingerprint density at radius 1 is 1.41 bits per heavy atom. The van der Waals surface area contributed by atoms with E-state index in [0.717, 1.165) is 17.0 Å². The van der Waals surface area contributed by atoms with Gasteiger partial charge in [0.25, 0.3) is 0 Å². The van der Waals surface area contributed by atoms with Gasteiger partial charge in [-0.15, -0.1) is 0 Å². The van der Waals surface area contributed by atoms with Crippen molar-refractivity contribution in [1.29, 1.82) is 0 Å². The second kappa shape index (κ2) is 6.36. The predicted octanol–water partition coefficient (Wildman–Crippen LogP) is 2.53. The number of benzene rings is 1. The SMILES string of the molecule is CC(C)(C)OCC(Cc1cccc(Cl)c1)NN. The summed E-state index contributed by atoms with van der Waals surface area (Å²) >= 11 is 5.94. The number of nitrogens with one attached hydrogen (secondary N) is 1. The highest BCUT2D eigenvalue weighted by Gasteiger charge is 2.15. The maximum Gasteiger partial charge on any atom is 0.0643 e. The number of hydrogen-bond donors (Lipinski definition) is 2. The van der Waals surface area contributed by atoms with Crippen LogP contribution in [0.4, 0.5) is 0 Å². The summed E-state index contributed by atoms with van der Waals surface area (Å²) in [6.45, 7) is 6.66. The van der Waals surface area contributed by atoms with Crippen molar-refractivity contribution >= 4 is 11.6 Å². The van der Waals surface area contributed by atoms with E-state index in [4.69, 9.17) is 22.2 Å². The van der Waals surface area contributed by atoms with E-state index in [1.807, 2.05) is 45.0 Å². The minimum atomic E-state index is -0.149. The lowest BCUT2D eigenvalue weighted by atomic mass is 10.1. The lowest BCUT2D eigenvalue weighted by Gasteiger charge is -2.24. The summed E-state index contributed by atoms with van der Waals surface area (Å²) < 4.78 is 5.71. The molecule has 0 saturated heterocycles. The molecule has 0 amide bonds. The molecule has 0 saturated carbocycles. The number of halogens is 1. The Labute approximate surface area is 108 Å². The Balaban J connectivity index is 2.52.